The van der Waals surface area contributed by atoms with Crippen LogP contribution in [-0.2, 0) is 0 Å². The molecule has 0 spiro atoms. The molecule has 0 saturated carbocycles. The number of hydrogen-bond acceptors (Lipinski definition) is 2. The van der Waals surface area contributed by atoms with E-state index in [1.54, 1.807) is 24.4 Å². The molecule has 0 saturated heterocycles. The van der Waals surface area contributed by atoms with Gasteiger partial charge in [0.2, 0.25) is 0 Å². The molecule has 0 fully saturated rings. The van der Waals surface area contributed by atoms with Crippen molar-refractivity contribution in [3.05, 3.63) is 143 Å². The van der Waals surface area contributed by atoms with Crippen LogP contribution in [0.2, 0.25) is 0 Å². The van der Waals surface area contributed by atoms with E-state index in [2.05, 4.69) is 41.4 Å². The molecule has 2 heterocycles. The highest BCUT2D eigenvalue weighted by Crippen LogP contribution is 2.35. The van der Waals surface area contributed by atoms with Gasteiger partial charge < -0.3 is 10.2 Å². The number of rotatable bonds is 6. The van der Waals surface area contributed by atoms with Crippen molar-refractivity contribution in [1.82, 2.24) is 4.48 Å². The minimum absolute atomic E-state index is 0.429. The maximum absolute atomic E-state index is 14.7. The fourth-order valence-corrected chi connectivity index (χ4v) is 4.88. The lowest BCUT2D eigenvalue weighted by Gasteiger charge is -2.16. The maximum Gasteiger partial charge on any atom is 0.678 e. The van der Waals surface area contributed by atoms with Crippen molar-refractivity contribution in [2.45, 2.75) is 19.8 Å². The number of allylic oxidation sites excluding steroid dienone is 9. The second-order valence-electron chi connectivity index (χ2n) is 9.19. The second-order valence-corrected chi connectivity index (χ2v) is 9.19. The number of nitrogens with two attached hydrogens (primary N) is 1. The van der Waals surface area contributed by atoms with Crippen LogP contribution in [0.4, 0.5) is 14.3 Å². The highest BCUT2D eigenvalue weighted by molar-refractivity contribution is 6.42. The SMILES string of the molecule is Cc1cc(/C=C/C2=C/C/C=C\C/C=C\2c2ccccc2)n(B(F)F)c1/C(=C1/C=CC=N1)c1ccc(N)cc1. The molecule has 1 aliphatic carbocycles. The Balaban J connectivity index is 1.62. The largest absolute Gasteiger partial charge is 0.678 e. The van der Waals surface area contributed by atoms with E-state index in [1.807, 2.05) is 61.5 Å². The van der Waals surface area contributed by atoms with E-state index in [4.69, 9.17) is 5.73 Å². The standard InChI is InChI=1S/C32H28BF2N3/c1-23-22-28(20-17-25-12-5-2-3-8-13-29(25)24-10-6-4-7-11-24)38(33(34)35)32(23)31(30-14-9-21-37-30)26-15-18-27(36)19-16-26/h2-4,6-7,9-22H,5,8,36H2,1H3/b3-2-,20-17+,25-12-,29-13-,31-30-. The monoisotopic (exact) mass is 503 g/mol. The number of aliphatic imine (C=N–C) groups is 1. The molecule has 2 N–H and O–H groups in total. The smallest absolute Gasteiger partial charge is 0.399 e. The molecule has 3 nitrogen and oxygen atoms in total. The third-order valence-corrected chi connectivity index (χ3v) is 6.63. The summed E-state index contributed by atoms with van der Waals surface area (Å²) >= 11 is 0. The zero-order chi connectivity index (χ0) is 26.5. The molecule has 38 heavy (non-hydrogen) atoms. The van der Waals surface area contributed by atoms with Crippen LogP contribution in [0.3, 0.4) is 0 Å². The van der Waals surface area contributed by atoms with Crippen LogP contribution < -0.4 is 5.73 Å². The van der Waals surface area contributed by atoms with Crippen LogP contribution >= 0.6 is 0 Å². The number of hydrogen-bond donors (Lipinski definition) is 1. The molecular formula is C32H28BF2N3. The van der Waals surface area contributed by atoms with Crippen molar-refractivity contribution in [2.75, 3.05) is 5.73 Å². The molecule has 0 bridgehead atoms. The third kappa shape index (κ3) is 5.30. The minimum Gasteiger partial charge on any atom is -0.399 e. The topological polar surface area (TPSA) is 43.3 Å². The van der Waals surface area contributed by atoms with Crippen molar-refractivity contribution in [3.63, 3.8) is 0 Å². The zero-order valence-corrected chi connectivity index (χ0v) is 21.2. The Kier molecular flexibility index (Phi) is 7.50. The number of aryl methyl sites for hydroxylation is 1. The van der Waals surface area contributed by atoms with Crippen LogP contribution in [0.15, 0.2) is 119 Å². The first kappa shape index (κ1) is 25.2. The van der Waals surface area contributed by atoms with E-state index in [1.165, 1.54) is 0 Å². The maximum atomic E-state index is 14.7. The van der Waals surface area contributed by atoms with Gasteiger partial charge in [-0.25, -0.2) is 0 Å². The van der Waals surface area contributed by atoms with Gasteiger partial charge in [0.15, 0.2) is 0 Å². The zero-order valence-electron chi connectivity index (χ0n) is 21.2. The van der Waals surface area contributed by atoms with Gasteiger partial charge in [0.25, 0.3) is 0 Å². The lowest BCUT2D eigenvalue weighted by Crippen LogP contribution is -2.18. The molecule has 0 atom stereocenters. The van der Waals surface area contributed by atoms with Gasteiger partial charge in [0.1, 0.15) is 0 Å². The Hall–Kier alpha value is -4.45. The van der Waals surface area contributed by atoms with Crippen LogP contribution in [0.5, 0.6) is 0 Å². The Morgan fingerprint density at radius 1 is 0.974 bits per heavy atom. The predicted octanol–water partition coefficient (Wildman–Crippen LogP) is 7.92. The fourth-order valence-electron chi connectivity index (χ4n) is 4.88. The summed E-state index contributed by atoms with van der Waals surface area (Å²) in [6.45, 7) is 1.86. The van der Waals surface area contributed by atoms with Crippen molar-refractivity contribution in [2.24, 2.45) is 4.99 Å². The number of benzene rings is 2. The molecule has 188 valence electrons. The summed E-state index contributed by atoms with van der Waals surface area (Å²) in [7, 11) is -2.74. The van der Waals surface area contributed by atoms with Crippen LogP contribution in [0.25, 0.3) is 17.2 Å². The van der Waals surface area contributed by atoms with Crippen molar-refractivity contribution < 1.29 is 8.63 Å². The number of halogens is 2. The third-order valence-electron chi connectivity index (χ3n) is 6.63. The molecule has 5 rings (SSSR count). The second kappa shape index (κ2) is 11.3. The first-order valence-electron chi connectivity index (χ1n) is 12.6. The van der Waals surface area contributed by atoms with Gasteiger partial charge in [-0.15, -0.1) is 0 Å². The van der Waals surface area contributed by atoms with Gasteiger partial charge in [0.05, 0.1) is 5.70 Å². The average Bonchev–Trinajstić information content (AvgIpc) is 3.54. The van der Waals surface area contributed by atoms with Crippen molar-refractivity contribution in [1.29, 1.82) is 0 Å². The first-order chi connectivity index (χ1) is 18.5. The van der Waals surface area contributed by atoms with Crippen molar-refractivity contribution in [3.8, 4) is 0 Å². The molecule has 0 amide bonds. The number of nitrogen functional groups attached to an aromatic ring is 1. The van der Waals surface area contributed by atoms with Crippen LogP contribution in [0.1, 0.15) is 40.9 Å². The number of nitrogens with zero attached hydrogens (tertiary/aromatic N) is 2. The van der Waals surface area contributed by atoms with Crippen LogP contribution in [0, 0.1) is 6.92 Å². The van der Waals surface area contributed by atoms with E-state index < -0.39 is 7.40 Å². The Bertz CT molecular complexity index is 1520. The molecule has 1 aromatic heterocycles. The first-order valence-corrected chi connectivity index (χ1v) is 12.6. The molecule has 2 aliphatic rings. The summed E-state index contributed by atoms with van der Waals surface area (Å²) in [4.78, 5) is 4.46. The summed E-state index contributed by atoms with van der Waals surface area (Å²) in [6.07, 6.45) is 19.2. The lowest BCUT2D eigenvalue weighted by atomic mass is 9.94. The summed E-state index contributed by atoms with van der Waals surface area (Å²) in [5.74, 6) is 0. The average molecular weight is 503 g/mol. The summed E-state index contributed by atoms with van der Waals surface area (Å²) in [5.41, 5.74) is 13.4. The highest BCUT2D eigenvalue weighted by atomic mass is 19.2. The van der Waals surface area contributed by atoms with E-state index in [-0.39, 0.29) is 0 Å². The minimum atomic E-state index is -2.74. The molecular weight excluding hydrogens is 475 g/mol. The van der Waals surface area contributed by atoms with Gasteiger partial charge >= 0.3 is 7.40 Å². The molecule has 1 aliphatic heterocycles. The van der Waals surface area contributed by atoms with Gasteiger partial charge in [0, 0.05) is 28.9 Å². The van der Waals surface area contributed by atoms with Gasteiger partial charge in [-0.05, 0) is 84.0 Å². The molecule has 0 unspecified atom stereocenters. The molecule has 2 aromatic carbocycles. The molecule has 3 aromatic rings. The Morgan fingerprint density at radius 3 is 2.39 bits per heavy atom. The van der Waals surface area contributed by atoms with E-state index in [9.17, 15) is 8.63 Å². The van der Waals surface area contributed by atoms with E-state index >= 15 is 0 Å². The van der Waals surface area contributed by atoms with Crippen molar-refractivity contribution >= 4 is 36.5 Å². The van der Waals surface area contributed by atoms with E-state index in [0.29, 0.717) is 28.3 Å². The Labute approximate surface area is 222 Å². The van der Waals surface area contributed by atoms with Gasteiger partial charge in [-0.1, -0.05) is 72.8 Å². The summed E-state index contributed by atoms with van der Waals surface area (Å²) in [6, 6.07) is 19.2. The lowest BCUT2D eigenvalue weighted by molar-refractivity contribution is 0.627. The highest BCUT2D eigenvalue weighted by Gasteiger charge is 2.28. The number of aromatic nitrogens is 1. The fraction of sp³-hybridized carbons (Fsp3) is 0.0938. The quantitative estimate of drug-likeness (QED) is 0.207. The van der Waals surface area contributed by atoms with E-state index in [0.717, 1.165) is 45.2 Å². The van der Waals surface area contributed by atoms with Crippen LogP contribution in [-0.4, -0.2) is 18.1 Å². The molecule has 6 heteroatoms. The number of anilines is 1. The van der Waals surface area contributed by atoms with Gasteiger partial charge in [-0.3, -0.25) is 13.6 Å². The Morgan fingerprint density at radius 2 is 1.71 bits per heavy atom. The van der Waals surface area contributed by atoms with Gasteiger partial charge in [-0.2, -0.15) is 0 Å². The predicted molar refractivity (Wildman–Crippen MR) is 157 cm³/mol. The normalized spacial score (nSPS) is 20.0. The molecule has 0 radical (unpaired) electrons. The summed E-state index contributed by atoms with van der Waals surface area (Å²) < 4.78 is 30.6. The summed E-state index contributed by atoms with van der Waals surface area (Å²) in [5, 5.41) is 0.